The minimum Gasteiger partial charge on any atom is -0.455 e. The molecule has 0 unspecified atom stereocenters. The highest BCUT2D eigenvalue weighted by Gasteiger charge is 2.38. The number of carbonyl (C=O) groups excluding carboxylic acids is 1. The number of carbonyl (C=O) groups is 1. The first-order valence-electron chi connectivity index (χ1n) is 9.08. The van der Waals surface area contributed by atoms with Crippen molar-refractivity contribution in [2.45, 2.75) is 58.6 Å². The van der Waals surface area contributed by atoms with Crippen LogP contribution in [0.4, 0.5) is 0 Å². The minimum absolute atomic E-state index is 0.000337. The van der Waals surface area contributed by atoms with Gasteiger partial charge in [-0.15, -0.1) is 0 Å². The highest BCUT2D eigenvalue weighted by molar-refractivity contribution is 5.93. The van der Waals surface area contributed by atoms with Crippen molar-refractivity contribution in [1.29, 1.82) is 0 Å². The van der Waals surface area contributed by atoms with Crippen molar-refractivity contribution in [3.8, 4) is 0 Å². The Labute approximate surface area is 144 Å². The quantitative estimate of drug-likeness (QED) is 0.858. The molecule has 0 radical (unpaired) electrons. The molecule has 0 bridgehead atoms. The third-order valence-electron chi connectivity index (χ3n) is 5.86. The molecule has 1 aromatic heterocycles. The van der Waals surface area contributed by atoms with Gasteiger partial charge in [0.2, 0.25) is 0 Å². The van der Waals surface area contributed by atoms with Gasteiger partial charge >= 0.3 is 0 Å². The standard InChI is InChI=1S/C19H30N2O3/c1-12-16-14(22)10-19(2,3)11-15(16)24-17(12)18(23)21(5)13-6-8-20(4)9-7-13/h13-14,22H,6-11H2,1-5H3/p+1/t14-/m0/s1. The molecule has 1 amide bonds. The smallest absolute Gasteiger partial charge is 0.289 e. The van der Waals surface area contributed by atoms with Gasteiger partial charge in [0.1, 0.15) is 5.76 Å². The number of piperidine rings is 1. The van der Waals surface area contributed by atoms with Crippen LogP contribution in [-0.4, -0.2) is 49.1 Å². The molecule has 1 atom stereocenters. The zero-order chi connectivity index (χ0) is 17.6. The van der Waals surface area contributed by atoms with Gasteiger partial charge < -0.3 is 19.3 Å². The second-order valence-corrected chi connectivity index (χ2v) is 8.56. The number of hydrogen-bond donors (Lipinski definition) is 2. The molecule has 0 saturated carbocycles. The van der Waals surface area contributed by atoms with E-state index < -0.39 is 6.10 Å². The molecule has 134 valence electrons. The number of amides is 1. The topological polar surface area (TPSA) is 58.1 Å². The van der Waals surface area contributed by atoms with Crippen LogP contribution in [0.3, 0.4) is 0 Å². The van der Waals surface area contributed by atoms with E-state index in [1.165, 1.54) is 4.90 Å². The maximum absolute atomic E-state index is 13.0. The highest BCUT2D eigenvalue weighted by atomic mass is 16.4. The lowest BCUT2D eigenvalue weighted by molar-refractivity contribution is -0.885. The van der Waals surface area contributed by atoms with Crippen LogP contribution in [0, 0.1) is 12.3 Å². The van der Waals surface area contributed by atoms with Crippen LogP contribution in [0.2, 0.25) is 0 Å². The van der Waals surface area contributed by atoms with Crippen molar-refractivity contribution < 1.29 is 19.2 Å². The maximum atomic E-state index is 13.0. The summed E-state index contributed by atoms with van der Waals surface area (Å²) >= 11 is 0. The van der Waals surface area contributed by atoms with E-state index in [1.807, 2.05) is 18.9 Å². The van der Waals surface area contributed by atoms with Gasteiger partial charge in [0, 0.05) is 43.5 Å². The zero-order valence-corrected chi connectivity index (χ0v) is 15.6. The number of nitrogens with one attached hydrogen (secondary N) is 1. The summed E-state index contributed by atoms with van der Waals surface area (Å²) in [4.78, 5) is 16.4. The van der Waals surface area contributed by atoms with Crippen molar-refractivity contribution in [3.63, 3.8) is 0 Å². The average molecular weight is 335 g/mol. The Bertz CT molecular complexity index is 627. The third-order valence-corrected chi connectivity index (χ3v) is 5.86. The summed E-state index contributed by atoms with van der Waals surface area (Å²) < 4.78 is 5.98. The zero-order valence-electron chi connectivity index (χ0n) is 15.6. The summed E-state index contributed by atoms with van der Waals surface area (Å²) in [5.41, 5.74) is 1.67. The van der Waals surface area contributed by atoms with Gasteiger partial charge in [-0.1, -0.05) is 13.8 Å². The number of hydrogen-bond acceptors (Lipinski definition) is 3. The largest absolute Gasteiger partial charge is 0.455 e. The van der Waals surface area contributed by atoms with Crippen molar-refractivity contribution in [1.82, 2.24) is 4.90 Å². The number of aliphatic hydroxyl groups is 1. The Morgan fingerprint density at radius 1 is 1.33 bits per heavy atom. The normalized spacial score (nSPS) is 29.2. The lowest BCUT2D eigenvalue weighted by atomic mass is 9.75. The van der Waals surface area contributed by atoms with E-state index in [0.717, 1.165) is 49.2 Å². The molecule has 1 aliphatic heterocycles. The molecule has 5 heteroatoms. The SMILES string of the molecule is Cc1c(C(=O)N(C)C2CC[NH+](C)CC2)oc2c1[C@@H](O)CC(C)(C)C2. The molecular formula is C19H31N2O3+. The number of furan rings is 1. The summed E-state index contributed by atoms with van der Waals surface area (Å²) in [6.45, 7) is 8.37. The fourth-order valence-corrected chi connectivity index (χ4v) is 4.30. The molecule has 24 heavy (non-hydrogen) atoms. The van der Waals surface area contributed by atoms with E-state index in [1.54, 1.807) is 0 Å². The molecule has 0 aromatic carbocycles. The van der Waals surface area contributed by atoms with Crippen LogP contribution in [0.1, 0.15) is 66.7 Å². The van der Waals surface area contributed by atoms with E-state index >= 15 is 0 Å². The number of quaternary nitrogens is 1. The van der Waals surface area contributed by atoms with E-state index in [4.69, 9.17) is 4.42 Å². The first-order valence-corrected chi connectivity index (χ1v) is 9.08. The fraction of sp³-hybridized carbons (Fsp3) is 0.737. The van der Waals surface area contributed by atoms with Crippen LogP contribution >= 0.6 is 0 Å². The molecule has 1 aliphatic carbocycles. The van der Waals surface area contributed by atoms with Crippen LogP contribution in [-0.2, 0) is 6.42 Å². The van der Waals surface area contributed by atoms with Crippen LogP contribution in [0.25, 0.3) is 0 Å². The molecular weight excluding hydrogens is 304 g/mol. The highest BCUT2D eigenvalue weighted by Crippen LogP contribution is 2.44. The molecule has 2 N–H and O–H groups in total. The summed E-state index contributed by atoms with van der Waals surface area (Å²) in [6.07, 6.45) is 3.01. The average Bonchev–Trinajstić information content (AvgIpc) is 2.82. The predicted octanol–water partition coefficient (Wildman–Crippen LogP) is 1.34. The second kappa shape index (κ2) is 6.19. The first-order chi connectivity index (χ1) is 11.2. The minimum atomic E-state index is -0.536. The van der Waals surface area contributed by atoms with Gasteiger partial charge in [0.15, 0.2) is 5.76 Å². The molecule has 1 aromatic rings. The van der Waals surface area contributed by atoms with Gasteiger partial charge in [0.05, 0.1) is 26.2 Å². The Morgan fingerprint density at radius 2 is 1.96 bits per heavy atom. The molecule has 1 saturated heterocycles. The number of nitrogens with zero attached hydrogens (tertiary/aromatic N) is 1. The van der Waals surface area contributed by atoms with Gasteiger partial charge in [0.25, 0.3) is 5.91 Å². The Kier molecular flexibility index (Phi) is 4.51. The first kappa shape index (κ1) is 17.5. The van der Waals surface area contributed by atoms with Gasteiger partial charge in [-0.3, -0.25) is 4.79 Å². The monoisotopic (exact) mass is 335 g/mol. The Balaban J connectivity index is 1.84. The molecule has 5 nitrogen and oxygen atoms in total. The molecule has 2 heterocycles. The second-order valence-electron chi connectivity index (χ2n) is 8.56. The summed E-state index contributed by atoms with van der Waals surface area (Å²) in [5, 5.41) is 10.5. The Hall–Kier alpha value is -1.33. The van der Waals surface area contributed by atoms with Crippen LogP contribution < -0.4 is 4.90 Å². The maximum Gasteiger partial charge on any atom is 0.289 e. The lowest BCUT2D eigenvalue weighted by Crippen LogP contribution is -3.10. The van der Waals surface area contributed by atoms with E-state index in [2.05, 4.69) is 20.9 Å². The van der Waals surface area contributed by atoms with Gasteiger partial charge in [-0.05, 0) is 18.8 Å². The summed E-state index contributed by atoms with van der Waals surface area (Å²) in [5.74, 6) is 1.17. The van der Waals surface area contributed by atoms with Crippen LogP contribution in [0.15, 0.2) is 4.42 Å². The van der Waals surface area contributed by atoms with Crippen molar-refractivity contribution in [3.05, 3.63) is 22.6 Å². The number of rotatable bonds is 2. The van der Waals surface area contributed by atoms with E-state index in [-0.39, 0.29) is 17.4 Å². The van der Waals surface area contributed by atoms with E-state index in [9.17, 15) is 9.90 Å². The summed E-state index contributed by atoms with van der Waals surface area (Å²) in [7, 11) is 4.08. The number of fused-ring (bicyclic) bond motifs is 1. The van der Waals surface area contributed by atoms with Crippen LogP contribution in [0.5, 0.6) is 0 Å². The fourth-order valence-electron chi connectivity index (χ4n) is 4.30. The van der Waals surface area contributed by atoms with Crippen molar-refractivity contribution in [2.24, 2.45) is 5.41 Å². The third kappa shape index (κ3) is 3.11. The molecule has 1 fully saturated rings. The van der Waals surface area contributed by atoms with Crippen molar-refractivity contribution >= 4 is 5.91 Å². The molecule has 0 spiro atoms. The number of likely N-dealkylation sites (tertiary alicyclic amines) is 1. The predicted molar refractivity (Wildman–Crippen MR) is 92.2 cm³/mol. The lowest BCUT2D eigenvalue weighted by Gasteiger charge is -2.32. The van der Waals surface area contributed by atoms with Crippen molar-refractivity contribution in [2.75, 3.05) is 27.2 Å². The Morgan fingerprint density at radius 3 is 2.58 bits per heavy atom. The van der Waals surface area contributed by atoms with E-state index in [0.29, 0.717) is 12.2 Å². The number of aliphatic hydroxyl groups excluding tert-OH is 1. The molecule has 2 aliphatic rings. The molecule has 3 rings (SSSR count). The summed E-state index contributed by atoms with van der Waals surface area (Å²) in [6, 6.07) is 0.282. The van der Waals surface area contributed by atoms with Gasteiger partial charge in [-0.25, -0.2) is 0 Å². The van der Waals surface area contributed by atoms with Gasteiger partial charge in [-0.2, -0.15) is 0 Å².